The molecule has 0 aliphatic carbocycles. The number of likely N-dealkylation sites (tertiary alicyclic amines) is 1. The molecule has 2 atom stereocenters. The molecule has 29 heavy (non-hydrogen) atoms. The molecule has 2 saturated heterocycles. The zero-order valence-electron chi connectivity index (χ0n) is 16.7. The van der Waals surface area contributed by atoms with Crippen LogP contribution in [0.1, 0.15) is 16.2 Å². The first-order valence-corrected chi connectivity index (χ1v) is 10.0. The van der Waals surface area contributed by atoms with E-state index in [0.29, 0.717) is 17.5 Å². The first-order valence-electron chi connectivity index (χ1n) is 10.0. The molecule has 0 N–H and O–H groups in total. The van der Waals surface area contributed by atoms with Crippen molar-refractivity contribution in [2.24, 2.45) is 18.9 Å². The van der Waals surface area contributed by atoms with E-state index in [1.165, 1.54) is 0 Å². The van der Waals surface area contributed by atoms with Crippen molar-refractivity contribution in [2.75, 3.05) is 31.1 Å². The van der Waals surface area contributed by atoms with Crippen molar-refractivity contribution in [1.82, 2.24) is 24.9 Å². The second kappa shape index (κ2) is 6.99. The quantitative estimate of drug-likeness (QED) is 0.689. The van der Waals surface area contributed by atoms with Crippen LogP contribution in [-0.4, -0.2) is 57.0 Å². The minimum absolute atomic E-state index is 0.0843. The van der Waals surface area contributed by atoms with Gasteiger partial charge in [0.25, 0.3) is 5.91 Å². The van der Waals surface area contributed by atoms with Gasteiger partial charge in [-0.15, -0.1) is 10.2 Å². The molecule has 0 saturated carbocycles. The summed E-state index contributed by atoms with van der Waals surface area (Å²) in [5.41, 5.74) is 3.50. The molecule has 2 unspecified atom stereocenters. The van der Waals surface area contributed by atoms with Gasteiger partial charge in [-0.1, -0.05) is 30.3 Å². The summed E-state index contributed by atoms with van der Waals surface area (Å²) in [6, 6.07) is 16.0. The third kappa shape index (κ3) is 3.26. The zero-order valence-corrected chi connectivity index (χ0v) is 16.7. The Kier molecular flexibility index (Phi) is 4.30. The van der Waals surface area contributed by atoms with Gasteiger partial charge in [-0.2, -0.15) is 5.10 Å². The van der Waals surface area contributed by atoms with Gasteiger partial charge in [-0.25, -0.2) is 0 Å². The molecule has 2 fully saturated rings. The highest BCUT2D eigenvalue weighted by Gasteiger charge is 2.42. The van der Waals surface area contributed by atoms with Crippen LogP contribution in [0.25, 0.3) is 11.3 Å². The number of hydrogen-bond acceptors (Lipinski definition) is 5. The Labute approximate surface area is 170 Å². The molecule has 3 aromatic rings. The van der Waals surface area contributed by atoms with E-state index in [0.717, 1.165) is 48.9 Å². The number of benzene rings is 1. The van der Waals surface area contributed by atoms with E-state index in [4.69, 9.17) is 0 Å². The predicted octanol–water partition coefficient (Wildman–Crippen LogP) is 2.39. The van der Waals surface area contributed by atoms with Crippen LogP contribution in [-0.2, 0) is 7.05 Å². The molecule has 7 heteroatoms. The van der Waals surface area contributed by atoms with Crippen molar-refractivity contribution in [1.29, 1.82) is 0 Å². The highest BCUT2D eigenvalue weighted by Crippen LogP contribution is 2.34. The van der Waals surface area contributed by atoms with E-state index >= 15 is 0 Å². The van der Waals surface area contributed by atoms with Crippen LogP contribution in [0.15, 0.2) is 48.5 Å². The number of fused-ring (bicyclic) bond motifs is 1. The number of carbonyl (C=O) groups is 1. The van der Waals surface area contributed by atoms with Crippen molar-refractivity contribution in [3.8, 4) is 11.3 Å². The van der Waals surface area contributed by atoms with Crippen LogP contribution in [0.2, 0.25) is 0 Å². The fourth-order valence-corrected chi connectivity index (χ4v) is 4.58. The lowest BCUT2D eigenvalue weighted by molar-refractivity contribution is 0.0771. The second-order valence-corrected chi connectivity index (χ2v) is 8.07. The topological polar surface area (TPSA) is 67.2 Å². The molecule has 2 aliphatic rings. The molecule has 1 amide bonds. The van der Waals surface area contributed by atoms with Crippen LogP contribution >= 0.6 is 0 Å². The Morgan fingerprint density at radius 2 is 1.69 bits per heavy atom. The van der Waals surface area contributed by atoms with Crippen molar-refractivity contribution >= 4 is 11.7 Å². The lowest BCUT2D eigenvalue weighted by Gasteiger charge is -2.22. The van der Waals surface area contributed by atoms with Crippen LogP contribution in [0.5, 0.6) is 0 Å². The monoisotopic (exact) mass is 388 g/mol. The largest absolute Gasteiger partial charge is 0.354 e. The Morgan fingerprint density at radius 1 is 0.966 bits per heavy atom. The minimum Gasteiger partial charge on any atom is -0.354 e. The highest BCUT2D eigenvalue weighted by molar-refractivity contribution is 5.93. The first-order chi connectivity index (χ1) is 14.1. The van der Waals surface area contributed by atoms with E-state index in [9.17, 15) is 4.79 Å². The summed E-state index contributed by atoms with van der Waals surface area (Å²) in [5.74, 6) is 1.95. The van der Waals surface area contributed by atoms with Gasteiger partial charge in [0.1, 0.15) is 5.69 Å². The molecular formula is C22H24N6O. The van der Waals surface area contributed by atoms with Crippen molar-refractivity contribution in [3.63, 3.8) is 0 Å². The van der Waals surface area contributed by atoms with E-state index in [-0.39, 0.29) is 5.91 Å². The summed E-state index contributed by atoms with van der Waals surface area (Å²) in [5, 5.41) is 13.2. The molecule has 0 radical (unpaired) electrons. The second-order valence-electron chi connectivity index (χ2n) is 8.07. The number of carbonyl (C=O) groups excluding carboxylic acids is 1. The summed E-state index contributed by atoms with van der Waals surface area (Å²) in [7, 11) is 1.83. The zero-order chi connectivity index (χ0) is 20.0. The van der Waals surface area contributed by atoms with Gasteiger partial charge in [-0.05, 0) is 25.1 Å². The Morgan fingerprint density at radius 3 is 2.28 bits per heavy atom. The van der Waals surface area contributed by atoms with Gasteiger partial charge < -0.3 is 9.80 Å². The van der Waals surface area contributed by atoms with Crippen molar-refractivity contribution in [2.45, 2.75) is 6.92 Å². The third-order valence-electron chi connectivity index (χ3n) is 6.04. The SMILES string of the molecule is Cc1cc(C(=O)N2CC3CN(c4ccc(-c5ccccc5)nn4)CC3C2)n(C)n1. The molecule has 2 aromatic heterocycles. The van der Waals surface area contributed by atoms with Crippen LogP contribution in [0.3, 0.4) is 0 Å². The van der Waals surface area contributed by atoms with Gasteiger partial charge in [0.05, 0.1) is 11.4 Å². The Balaban J connectivity index is 1.24. The van der Waals surface area contributed by atoms with Gasteiger partial charge >= 0.3 is 0 Å². The number of aromatic nitrogens is 4. The minimum atomic E-state index is 0.0843. The number of nitrogens with zero attached hydrogens (tertiary/aromatic N) is 6. The predicted molar refractivity (Wildman–Crippen MR) is 111 cm³/mol. The van der Waals surface area contributed by atoms with Crippen molar-refractivity contribution in [3.05, 3.63) is 59.9 Å². The molecule has 2 aliphatic heterocycles. The highest BCUT2D eigenvalue weighted by atomic mass is 16.2. The van der Waals surface area contributed by atoms with Gasteiger partial charge in [0, 0.05) is 50.6 Å². The summed E-state index contributed by atoms with van der Waals surface area (Å²) in [6.45, 7) is 5.33. The molecule has 4 heterocycles. The summed E-state index contributed by atoms with van der Waals surface area (Å²) in [4.78, 5) is 17.1. The van der Waals surface area contributed by atoms with Gasteiger partial charge in [-0.3, -0.25) is 9.48 Å². The molecule has 0 bridgehead atoms. The summed E-state index contributed by atoms with van der Waals surface area (Å²) < 4.78 is 1.68. The number of hydrogen-bond donors (Lipinski definition) is 0. The lowest BCUT2D eigenvalue weighted by Crippen LogP contribution is -2.34. The smallest absolute Gasteiger partial charge is 0.272 e. The number of amides is 1. The van der Waals surface area contributed by atoms with Gasteiger partial charge in [0.15, 0.2) is 5.82 Å². The van der Waals surface area contributed by atoms with E-state index in [2.05, 4.69) is 26.3 Å². The Bertz CT molecular complexity index is 1020. The molecule has 1 aromatic carbocycles. The maximum atomic E-state index is 12.9. The molecule has 7 nitrogen and oxygen atoms in total. The normalized spacial score (nSPS) is 20.9. The third-order valence-corrected chi connectivity index (χ3v) is 6.04. The molecular weight excluding hydrogens is 364 g/mol. The summed E-state index contributed by atoms with van der Waals surface area (Å²) in [6.07, 6.45) is 0. The maximum absolute atomic E-state index is 12.9. The number of rotatable bonds is 3. The van der Waals surface area contributed by atoms with Crippen LogP contribution in [0.4, 0.5) is 5.82 Å². The fraction of sp³-hybridized carbons (Fsp3) is 0.364. The fourth-order valence-electron chi connectivity index (χ4n) is 4.58. The average Bonchev–Trinajstić information content (AvgIpc) is 3.41. The molecule has 5 rings (SSSR count). The number of aryl methyl sites for hydroxylation is 2. The standard InChI is InChI=1S/C22H24N6O/c1-15-10-20(26(2)25-15)22(29)28-13-17-11-27(12-18(17)14-28)21-9-8-19(23-24-21)16-6-4-3-5-7-16/h3-10,17-18H,11-14H2,1-2H3. The Hall–Kier alpha value is -3.22. The molecule has 148 valence electrons. The number of anilines is 1. The average molecular weight is 388 g/mol. The van der Waals surface area contributed by atoms with E-state index in [1.807, 2.05) is 61.3 Å². The van der Waals surface area contributed by atoms with Crippen LogP contribution in [0, 0.1) is 18.8 Å². The summed E-state index contributed by atoms with van der Waals surface area (Å²) >= 11 is 0. The van der Waals surface area contributed by atoms with E-state index < -0.39 is 0 Å². The van der Waals surface area contributed by atoms with Gasteiger partial charge in [0.2, 0.25) is 0 Å². The maximum Gasteiger partial charge on any atom is 0.272 e. The molecule has 0 spiro atoms. The van der Waals surface area contributed by atoms with Crippen molar-refractivity contribution < 1.29 is 4.79 Å². The lowest BCUT2D eigenvalue weighted by atomic mass is 10.0. The first kappa shape index (κ1) is 17.8. The van der Waals surface area contributed by atoms with Crippen LogP contribution < -0.4 is 4.90 Å². The van der Waals surface area contributed by atoms with E-state index in [1.54, 1.807) is 4.68 Å².